The van der Waals surface area contributed by atoms with Gasteiger partial charge in [-0.3, -0.25) is 4.79 Å². The third-order valence-electron chi connectivity index (χ3n) is 3.05. The number of nitrogens with one attached hydrogen (secondary N) is 1. The Bertz CT molecular complexity index is 486. The van der Waals surface area contributed by atoms with Gasteiger partial charge in [0.15, 0.2) is 0 Å². The van der Waals surface area contributed by atoms with Gasteiger partial charge in [-0.2, -0.15) is 0 Å². The SMILES string of the molecule is CCCCN(CC)c1ccc(NC(C)=O)cc1C(=O)O. The van der Waals surface area contributed by atoms with Crippen molar-refractivity contribution < 1.29 is 14.7 Å². The van der Waals surface area contributed by atoms with Gasteiger partial charge in [-0.05, 0) is 31.5 Å². The van der Waals surface area contributed by atoms with Gasteiger partial charge in [0.2, 0.25) is 5.91 Å². The summed E-state index contributed by atoms with van der Waals surface area (Å²) in [5.41, 5.74) is 1.42. The van der Waals surface area contributed by atoms with Gasteiger partial charge in [-0.1, -0.05) is 13.3 Å². The quantitative estimate of drug-likeness (QED) is 0.804. The summed E-state index contributed by atoms with van der Waals surface area (Å²) >= 11 is 0. The minimum Gasteiger partial charge on any atom is -0.478 e. The van der Waals surface area contributed by atoms with Gasteiger partial charge in [-0.25, -0.2) is 4.79 Å². The maximum atomic E-state index is 11.4. The second-order valence-corrected chi connectivity index (χ2v) is 4.65. The van der Waals surface area contributed by atoms with Crippen molar-refractivity contribution >= 4 is 23.3 Å². The summed E-state index contributed by atoms with van der Waals surface area (Å²) in [7, 11) is 0. The summed E-state index contributed by atoms with van der Waals surface area (Å²) in [6.45, 7) is 7.08. The fraction of sp³-hybridized carbons (Fsp3) is 0.467. The van der Waals surface area contributed by atoms with Gasteiger partial charge in [0.25, 0.3) is 0 Å². The molecule has 1 aromatic rings. The van der Waals surface area contributed by atoms with E-state index in [1.54, 1.807) is 12.1 Å². The Morgan fingerprint density at radius 3 is 2.50 bits per heavy atom. The van der Waals surface area contributed by atoms with E-state index < -0.39 is 5.97 Å². The molecule has 0 radical (unpaired) electrons. The lowest BCUT2D eigenvalue weighted by Crippen LogP contribution is -2.26. The number of amides is 1. The number of aromatic carboxylic acids is 1. The van der Waals surface area contributed by atoms with Crippen LogP contribution in [-0.2, 0) is 4.79 Å². The molecule has 2 N–H and O–H groups in total. The molecule has 110 valence electrons. The zero-order valence-electron chi connectivity index (χ0n) is 12.3. The largest absolute Gasteiger partial charge is 0.478 e. The highest BCUT2D eigenvalue weighted by Crippen LogP contribution is 2.25. The second-order valence-electron chi connectivity index (χ2n) is 4.65. The van der Waals surface area contributed by atoms with E-state index in [0.717, 1.165) is 25.9 Å². The van der Waals surface area contributed by atoms with E-state index in [4.69, 9.17) is 0 Å². The van der Waals surface area contributed by atoms with Crippen LogP contribution >= 0.6 is 0 Å². The summed E-state index contributed by atoms with van der Waals surface area (Å²) < 4.78 is 0. The zero-order valence-corrected chi connectivity index (χ0v) is 12.3. The standard InChI is InChI=1S/C15H22N2O3/c1-4-6-9-17(5-2)14-8-7-12(16-11(3)18)10-13(14)15(19)20/h7-8,10H,4-6,9H2,1-3H3,(H,16,18)(H,19,20). The molecule has 0 aliphatic rings. The summed E-state index contributed by atoms with van der Waals surface area (Å²) in [6, 6.07) is 5.00. The number of hydrogen-bond donors (Lipinski definition) is 2. The Labute approximate surface area is 119 Å². The van der Waals surface area contributed by atoms with Crippen LogP contribution in [0.15, 0.2) is 18.2 Å². The first-order valence-electron chi connectivity index (χ1n) is 6.89. The molecule has 0 bridgehead atoms. The van der Waals surface area contributed by atoms with Crippen LogP contribution in [0.3, 0.4) is 0 Å². The third-order valence-corrected chi connectivity index (χ3v) is 3.05. The number of carboxylic acid groups (broad SMARTS) is 1. The minimum atomic E-state index is -0.984. The van der Waals surface area contributed by atoms with Crippen molar-refractivity contribution in [1.29, 1.82) is 0 Å². The van der Waals surface area contributed by atoms with Crippen molar-refractivity contribution in [3.63, 3.8) is 0 Å². The number of carboxylic acids is 1. The number of anilines is 2. The topological polar surface area (TPSA) is 69.6 Å². The average molecular weight is 278 g/mol. The lowest BCUT2D eigenvalue weighted by molar-refractivity contribution is -0.114. The number of benzene rings is 1. The molecule has 1 amide bonds. The van der Waals surface area contributed by atoms with Crippen LogP contribution in [0.25, 0.3) is 0 Å². The summed E-state index contributed by atoms with van der Waals surface area (Å²) in [4.78, 5) is 24.5. The molecule has 5 heteroatoms. The summed E-state index contributed by atoms with van der Waals surface area (Å²) in [5.74, 6) is -1.20. The minimum absolute atomic E-state index is 0.215. The highest BCUT2D eigenvalue weighted by atomic mass is 16.4. The monoisotopic (exact) mass is 278 g/mol. The van der Waals surface area contributed by atoms with Crippen LogP contribution in [0.5, 0.6) is 0 Å². The Hall–Kier alpha value is -2.04. The molecule has 0 atom stereocenters. The molecular weight excluding hydrogens is 256 g/mol. The van der Waals surface area contributed by atoms with Crippen LogP contribution in [0.1, 0.15) is 44.0 Å². The fourth-order valence-electron chi connectivity index (χ4n) is 2.06. The predicted octanol–water partition coefficient (Wildman–Crippen LogP) is 2.97. The number of carbonyl (C=O) groups excluding carboxylic acids is 1. The maximum absolute atomic E-state index is 11.4. The molecule has 20 heavy (non-hydrogen) atoms. The molecule has 0 saturated carbocycles. The normalized spacial score (nSPS) is 10.2. The smallest absolute Gasteiger partial charge is 0.337 e. The van der Waals surface area contributed by atoms with Crippen molar-refractivity contribution in [2.45, 2.75) is 33.6 Å². The molecule has 0 unspecified atom stereocenters. The third kappa shape index (κ3) is 4.26. The van der Waals surface area contributed by atoms with Crippen molar-refractivity contribution in [3.8, 4) is 0 Å². The molecular formula is C15H22N2O3. The Morgan fingerprint density at radius 1 is 1.30 bits per heavy atom. The Kier molecular flexibility index (Phi) is 6.03. The van der Waals surface area contributed by atoms with Crippen LogP contribution in [0, 0.1) is 0 Å². The molecule has 0 aliphatic carbocycles. The van der Waals surface area contributed by atoms with Crippen molar-refractivity contribution in [3.05, 3.63) is 23.8 Å². The van der Waals surface area contributed by atoms with Crippen LogP contribution in [0.2, 0.25) is 0 Å². The Morgan fingerprint density at radius 2 is 2.00 bits per heavy atom. The second kappa shape index (κ2) is 7.53. The van der Waals surface area contributed by atoms with Gasteiger partial charge >= 0.3 is 5.97 Å². The van der Waals surface area contributed by atoms with E-state index >= 15 is 0 Å². The van der Waals surface area contributed by atoms with Gasteiger partial charge in [0.1, 0.15) is 0 Å². The maximum Gasteiger partial charge on any atom is 0.337 e. The van der Waals surface area contributed by atoms with E-state index in [-0.39, 0.29) is 11.5 Å². The lowest BCUT2D eigenvalue weighted by atomic mass is 10.1. The van der Waals surface area contributed by atoms with Gasteiger partial charge in [-0.15, -0.1) is 0 Å². The average Bonchev–Trinajstić information content (AvgIpc) is 2.39. The molecule has 0 heterocycles. The number of carbonyl (C=O) groups is 2. The van der Waals surface area contributed by atoms with Gasteiger partial charge in [0, 0.05) is 25.7 Å². The highest BCUT2D eigenvalue weighted by molar-refractivity contribution is 5.97. The number of nitrogens with zero attached hydrogens (tertiary/aromatic N) is 1. The van der Waals surface area contributed by atoms with Crippen molar-refractivity contribution in [1.82, 2.24) is 0 Å². The van der Waals surface area contributed by atoms with E-state index in [1.165, 1.54) is 13.0 Å². The molecule has 0 spiro atoms. The van der Waals surface area contributed by atoms with Crippen LogP contribution < -0.4 is 10.2 Å². The molecule has 0 aliphatic heterocycles. The predicted molar refractivity (Wildman–Crippen MR) is 80.5 cm³/mol. The van der Waals surface area contributed by atoms with Crippen molar-refractivity contribution in [2.75, 3.05) is 23.3 Å². The lowest BCUT2D eigenvalue weighted by Gasteiger charge is -2.25. The van der Waals surface area contributed by atoms with Crippen LogP contribution in [-0.4, -0.2) is 30.1 Å². The first-order valence-corrected chi connectivity index (χ1v) is 6.89. The van der Waals surface area contributed by atoms with E-state index in [2.05, 4.69) is 12.2 Å². The van der Waals surface area contributed by atoms with Crippen LogP contribution in [0.4, 0.5) is 11.4 Å². The zero-order chi connectivity index (χ0) is 15.1. The first-order chi connectivity index (χ1) is 9.49. The van der Waals surface area contributed by atoms with Crippen molar-refractivity contribution in [2.24, 2.45) is 0 Å². The van der Waals surface area contributed by atoms with Gasteiger partial charge in [0.05, 0.1) is 11.3 Å². The first kappa shape index (κ1) is 16.0. The van der Waals surface area contributed by atoms with Gasteiger partial charge < -0.3 is 15.3 Å². The van der Waals surface area contributed by atoms with E-state index in [1.807, 2.05) is 11.8 Å². The number of rotatable bonds is 7. The molecule has 5 nitrogen and oxygen atoms in total. The fourth-order valence-corrected chi connectivity index (χ4v) is 2.06. The summed E-state index contributed by atoms with van der Waals surface area (Å²) in [5, 5.41) is 12.0. The molecule has 1 aromatic carbocycles. The number of hydrogen-bond acceptors (Lipinski definition) is 3. The molecule has 0 fully saturated rings. The summed E-state index contributed by atoms with van der Waals surface area (Å²) in [6.07, 6.45) is 2.07. The molecule has 0 saturated heterocycles. The van der Waals surface area contributed by atoms with E-state index in [9.17, 15) is 14.7 Å². The highest BCUT2D eigenvalue weighted by Gasteiger charge is 2.16. The Balaban J connectivity index is 3.11. The number of unbranched alkanes of at least 4 members (excludes halogenated alkanes) is 1. The molecule has 1 rings (SSSR count). The van der Waals surface area contributed by atoms with E-state index in [0.29, 0.717) is 11.4 Å². The molecule has 0 aromatic heterocycles.